The molecular formula is C25H30ClN5O6. The molecule has 3 N–H and O–H groups in total. The van der Waals surface area contributed by atoms with Crippen molar-refractivity contribution in [2.45, 2.75) is 13.0 Å². The predicted octanol–water partition coefficient (Wildman–Crippen LogP) is 2.25. The first kappa shape index (κ1) is 27.9. The summed E-state index contributed by atoms with van der Waals surface area (Å²) < 4.78 is 16.9. The zero-order chi connectivity index (χ0) is 26.8. The molecule has 1 aliphatic rings. The van der Waals surface area contributed by atoms with Crippen molar-refractivity contribution in [2.24, 2.45) is 4.99 Å². The molecule has 1 saturated heterocycles. The van der Waals surface area contributed by atoms with Gasteiger partial charge in [0.15, 0.2) is 0 Å². The Labute approximate surface area is 220 Å². The number of rotatable bonds is 9. The molecule has 1 aliphatic heterocycles. The fourth-order valence-electron chi connectivity index (χ4n) is 3.30. The van der Waals surface area contributed by atoms with Crippen LogP contribution in [0.15, 0.2) is 47.7 Å². The van der Waals surface area contributed by atoms with Gasteiger partial charge in [-0.05, 0) is 37.4 Å². The highest BCUT2D eigenvalue weighted by atomic mass is 35.5. The van der Waals surface area contributed by atoms with Crippen LogP contribution in [-0.2, 0) is 4.74 Å². The average Bonchev–Trinajstić information content (AvgIpc) is 2.91. The summed E-state index contributed by atoms with van der Waals surface area (Å²) in [6.45, 7) is 3.41. The van der Waals surface area contributed by atoms with E-state index in [-0.39, 0.29) is 34.7 Å². The number of nitrogens with one attached hydrogen (secondary N) is 2. The third-order valence-electron chi connectivity index (χ3n) is 5.19. The number of hydrogen-bond acceptors (Lipinski definition) is 9. The highest BCUT2D eigenvalue weighted by Crippen LogP contribution is 2.31. The minimum absolute atomic E-state index is 0.0478. The van der Waals surface area contributed by atoms with Gasteiger partial charge in [-0.1, -0.05) is 11.6 Å². The molecular weight excluding hydrogens is 502 g/mol. The van der Waals surface area contributed by atoms with Gasteiger partial charge in [0.2, 0.25) is 5.88 Å². The summed E-state index contributed by atoms with van der Waals surface area (Å²) in [5.41, 5.74) is 0.543. The van der Waals surface area contributed by atoms with E-state index in [1.165, 1.54) is 24.4 Å². The van der Waals surface area contributed by atoms with Gasteiger partial charge in [-0.2, -0.15) is 0 Å². The Morgan fingerprint density at radius 1 is 1.24 bits per heavy atom. The molecule has 0 saturated carbocycles. The number of amides is 2. The quantitative estimate of drug-likeness (QED) is 0.331. The van der Waals surface area contributed by atoms with E-state index in [4.69, 9.17) is 25.8 Å². The maximum atomic E-state index is 12.9. The Kier molecular flexibility index (Phi) is 10.2. The second kappa shape index (κ2) is 13.6. The molecule has 0 spiro atoms. The molecule has 1 fully saturated rings. The molecule has 1 aromatic heterocycles. The number of nitrogens with zero attached hydrogens (tertiary/aromatic N) is 3. The first-order valence-corrected chi connectivity index (χ1v) is 12.0. The molecule has 37 heavy (non-hydrogen) atoms. The van der Waals surface area contributed by atoms with Crippen LogP contribution in [0.4, 0.5) is 0 Å². The Morgan fingerprint density at radius 2 is 1.97 bits per heavy atom. The fraction of sp³-hybridized carbons (Fsp3) is 0.360. The summed E-state index contributed by atoms with van der Waals surface area (Å²) in [6, 6.07) is 6.04. The molecule has 0 radical (unpaired) electrons. The SMILES string of the molecule is C/N=C(\C=C/NC)NC(=O)c1cc(Oc2ncc(C(=O)N3CCOCC3)cc2Cl)cc(O[C@@H](C)CO)c1. The zero-order valence-electron chi connectivity index (χ0n) is 20.9. The topological polar surface area (TPSA) is 135 Å². The molecule has 11 nitrogen and oxygen atoms in total. The molecule has 198 valence electrons. The van der Waals surface area contributed by atoms with E-state index >= 15 is 0 Å². The van der Waals surface area contributed by atoms with Gasteiger partial charge >= 0.3 is 0 Å². The van der Waals surface area contributed by atoms with Crippen LogP contribution in [0.5, 0.6) is 17.4 Å². The Morgan fingerprint density at radius 3 is 2.62 bits per heavy atom. The third-order valence-corrected chi connectivity index (χ3v) is 5.46. The van der Waals surface area contributed by atoms with Crippen LogP contribution in [0.25, 0.3) is 0 Å². The molecule has 1 aromatic carbocycles. The molecule has 2 heterocycles. The van der Waals surface area contributed by atoms with Gasteiger partial charge in [0.25, 0.3) is 11.8 Å². The minimum atomic E-state index is -0.523. The van der Waals surface area contributed by atoms with E-state index in [0.29, 0.717) is 43.5 Å². The van der Waals surface area contributed by atoms with Gasteiger partial charge in [-0.3, -0.25) is 14.6 Å². The molecule has 1 atom stereocenters. The lowest BCUT2D eigenvalue weighted by Gasteiger charge is -2.26. The maximum Gasteiger partial charge on any atom is 0.257 e. The van der Waals surface area contributed by atoms with Crippen LogP contribution in [0, 0.1) is 0 Å². The summed E-state index contributed by atoms with van der Waals surface area (Å²) in [7, 11) is 3.27. The second-order valence-corrected chi connectivity index (χ2v) is 8.41. The Hall–Kier alpha value is -3.67. The van der Waals surface area contributed by atoms with Crippen molar-refractivity contribution < 1.29 is 28.9 Å². The van der Waals surface area contributed by atoms with Crippen molar-refractivity contribution >= 4 is 29.3 Å². The molecule has 0 unspecified atom stereocenters. The normalized spacial score (nSPS) is 14.8. The number of carbonyl (C=O) groups is 2. The van der Waals surface area contributed by atoms with Gasteiger partial charge < -0.3 is 34.9 Å². The van der Waals surface area contributed by atoms with E-state index in [1.807, 2.05) is 0 Å². The first-order valence-electron chi connectivity index (χ1n) is 11.6. The Bertz CT molecular complexity index is 1170. The van der Waals surface area contributed by atoms with E-state index in [0.717, 1.165) is 0 Å². The second-order valence-electron chi connectivity index (χ2n) is 8.01. The number of pyridine rings is 1. The largest absolute Gasteiger partial charge is 0.488 e. The van der Waals surface area contributed by atoms with Gasteiger partial charge in [-0.25, -0.2) is 4.98 Å². The number of aliphatic imine (C=N–C) groups is 1. The van der Waals surface area contributed by atoms with Crippen molar-refractivity contribution in [3.8, 4) is 17.4 Å². The highest BCUT2D eigenvalue weighted by molar-refractivity contribution is 6.32. The highest BCUT2D eigenvalue weighted by Gasteiger charge is 2.21. The van der Waals surface area contributed by atoms with Gasteiger partial charge in [-0.15, -0.1) is 0 Å². The van der Waals surface area contributed by atoms with Gasteiger partial charge in [0, 0.05) is 45.0 Å². The number of aliphatic hydroxyl groups is 1. The van der Waals surface area contributed by atoms with Crippen molar-refractivity contribution in [3.05, 3.63) is 58.9 Å². The predicted molar refractivity (Wildman–Crippen MR) is 139 cm³/mol. The Balaban J connectivity index is 1.85. The number of aliphatic hydroxyl groups excluding tert-OH is 1. The van der Waals surface area contributed by atoms with Crippen LogP contribution < -0.4 is 20.1 Å². The van der Waals surface area contributed by atoms with Gasteiger partial charge in [0.1, 0.15) is 28.5 Å². The summed E-state index contributed by atoms with van der Waals surface area (Å²) in [5, 5.41) is 15.0. The van der Waals surface area contributed by atoms with Crippen molar-refractivity contribution in [1.82, 2.24) is 20.5 Å². The molecule has 2 amide bonds. The number of carbonyl (C=O) groups excluding carboxylic acids is 2. The number of halogens is 1. The third kappa shape index (κ3) is 7.91. The summed E-state index contributed by atoms with van der Waals surface area (Å²) in [4.78, 5) is 35.6. The lowest BCUT2D eigenvalue weighted by molar-refractivity contribution is 0.0302. The lowest BCUT2D eigenvalue weighted by Crippen LogP contribution is -2.40. The van der Waals surface area contributed by atoms with Gasteiger partial charge in [0.05, 0.1) is 25.4 Å². The number of hydrogen-bond donors (Lipinski definition) is 3. The van der Waals surface area contributed by atoms with E-state index in [2.05, 4.69) is 20.6 Å². The number of amidine groups is 1. The van der Waals surface area contributed by atoms with E-state index < -0.39 is 12.0 Å². The monoisotopic (exact) mass is 531 g/mol. The molecule has 2 aromatic rings. The summed E-state index contributed by atoms with van der Waals surface area (Å²) in [5.74, 6) is 0.236. The molecule has 12 heteroatoms. The summed E-state index contributed by atoms with van der Waals surface area (Å²) in [6.07, 6.45) is 4.09. The summed E-state index contributed by atoms with van der Waals surface area (Å²) >= 11 is 6.39. The molecule has 0 bridgehead atoms. The first-order chi connectivity index (χ1) is 17.8. The van der Waals surface area contributed by atoms with Crippen molar-refractivity contribution in [1.29, 1.82) is 0 Å². The van der Waals surface area contributed by atoms with E-state index in [1.54, 1.807) is 44.3 Å². The number of ether oxygens (including phenoxy) is 3. The van der Waals surface area contributed by atoms with Crippen LogP contribution in [0.2, 0.25) is 5.02 Å². The minimum Gasteiger partial charge on any atom is -0.488 e. The lowest BCUT2D eigenvalue weighted by atomic mass is 10.2. The number of morpholine rings is 1. The number of benzene rings is 1. The van der Waals surface area contributed by atoms with Crippen molar-refractivity contribution in [2.75, 3.05) is 47.0 Å². The van der Waals surface area contributed by atoms with Crippen LogP contribution >= 0.6 is 11.6 Å². The fourth-order valence-corrected chi connectivity index (χ4v) is 3.51. The van der Waals surface area contributed by atoms with Crippen LogP contribution in [0.3, 0.4) is 0 Å². The van der Waals surface area contributed by atoms with Crippen molar-refractivity contribution in [3.63, 3.8) is 0 Å². The average molecular weight is 532 g/mol. The van der Waals surface area contributed by atoms with Crippen LogP contribution in [0.1, 0.15) is 27.6 Å². The van der Waals surface area contributed by atoms with E-state index in [9.17, 15) is 14.7 Å². The zero-order valence-corrected chi connectivity index (χ0v) is 21.6. The molecule has 3 rings (SSSR count). The van der Waals surface area contributed by atoms with Crippen LogP contribution in [-0.4, -0.2) is 85.7 Å². The standard InChI is InChI=1S/C25H30ClN5O6/c1-16(15-32)36-19-10-17(23(33)30-22(28-3)4-5-27-2)11-20(13-19)37-24-21(26)12-18(14-29-24)25(34)31-6-8-35-9-7-31/h4-5,10-14,16,27,32H,6-9,15H2,1-3H3,(H,28,30,33)/b5-4-/t16-/m0/s1. The maximum absolute atomic E-state index is 12.9. The molecule has 0 aliphatic carbocycles. The smallest absolute Gasteiger partial charge is 0.257 e. The number of aromatic nitrogens is 1.